The molecule has 8 fully saturated rings. The summed E-state index contributed by atoms with van der Waals surface area (Å²) in [7, 11) is -0.880. The van der Waals surface area contributed by atoms with Crippen LogP contribution < -0.4 is 10.9 Å². The molecule has 0 N–H and O–H groups in total. The van der Waals surface area contributed by atoms with Crippen LogP contribution in [0.5, 0.6) is 0 Å². The van der Waals surface area contributed by atoms with Gasteiger partial charge in [-0.1, -0.05) is 82.4 Å². The molecule has 2 aromatic carbocycles. The maximum atomic E-state index is 5.01. The van der Waals surface area contributed by atoms with E-state index in [-0.39, 0.29) is 13.3 Å². The molecule has 12 rings (SSSR count). The van der Waals surface area contributed by atoms with Crippen molar-refractivity contribution in [3.05, 3.63) is 120 Å². The first-order valence-electron chi connectivity index (χ1n) is 20.4. The van der Waals surface area contributed by atoms with Crippen molar-refractivity contribution in [1.82, 2.24) is 9.97 Å². The first-order chi connectivity index (χ1) is 24.8. The maximum absolute atomic E-state index is 5.01. The van der Waals surface area contributed by atoms with Crippen molar-refractivity contribution in [2.24, 2.45) is 35.5 Å². The molecule has 8 aliphatic rings. The average Bonchev–Trinajstić information content (AvgIpc) is 3.13. The topological polar surface area (TPSA) is 25.8 Å². The van der Waals surface area contributed by atoms with E-state index in [9.17, 15) is 0 Å². The fourth-order valence-corrected chi connectivity index (χ4v) is 20.9. The molecule has 0 unspecified atom stereocenters. The van der Waals surface area contributed by atoms with Crippen molar-refractivity contribution in [2.75, 3.05) is 0 Å². The SMILES string of the molecule is CC(C)(c1ccccc1)c1ccc(CP(C23CC4CC(CC(C4)C2)C3)C23CC4CC(CC(C4)C2)C3)c(CP(c2ccccn2)c2ccccn2)c1. The van der Waals surface area contributed by atoms with Crippen molar-refractivity contribution < 1.29 is 0 Å². The van der Waals surface area contributed by atoms with Gasteiger partial charge in [-0.2, -0.15) is 0 Å². The summed E-state index contributed by atoms with van der Waals surface area (Å²) in [5.41, 5.74) is 8.44. The summed E-state index contributed by atoms with van der Waals surface area (Å²) in [6.07, 6.45) is 25.0. The number of hydrogen-bond acceptors (Lipinski definition) is 2. The van der Waals surface area contributed by atoms with Crippen LogP contribution >= 0.6 is 15.8 Å². The van der Waals surface area contributed by atoms with Crippen molar-refractivity contribution in [3.8, 4) is 0 Å². The van der Waals surface area contributed by atoms with E-state index < -0.39 is 7.92 Å². The molecule has 2 nitrogen and oxygen atoms in total. The molecule has 8 aliphatic carbocycles. The molecule has 0 radical (unpaired) electrons. The van der Waals surface area contributed by atoms with E-state index in [0.29, 0.717) is 10.3 Å². The summed E-state index contributed by atoms with van der Waals surface area (Å²) in [6, 6.07) is 32.1. The molecule has 8 bridgehead atoms. The van der Waals surface area contributed by atoms with Gasteiger partial charge in [0, 0.05) is 31.9 Å². The van der Waals surface area contributed by atoms with Crippen molar-refractivity contribution >= 4 is 26.7 Å². The summed E-state index contributed by atoms with van der Waals surface area (Å²) < 4.78 is 0. The predicted octanol–water partition coefficient (Wildman–Crippen LogP) is 11.4. The van der Waals surface area contributed by atoms with E-state index >= 15 is 0 Å². The molecular weight excluding hydrogens is 654 g/mol. The lowest BCUT2D eigenvalue weighted by Gasteiger charge is -2.67. The highest BCUT2D eigenvalue weighted by atomic mass is 31.1. The Balaban J connectivity index is 1.10. The first kappa shape index (κ1) is 33.2. The molecule has 264 valence electrons. The van der Waals surface area contributed by atoms with Gasteiger partial charge in [0.25, 0.3) is 0 Å². The summed E-state index contributed by atoms with van der Waals surface area (Å²) in [5.74, 6) is 6.11. The number of pyridine rings is 2. The Morgan fingerprint density at radius 1 is 0.529 bits per heavy atom. The van der Waals surface area contributed by atoms with Crippen molar-refractivity contribution in [2.45, 2.75) is 119 Å². The Morgan fingerprint density at radius 2 is 1.00 bits per heavy atom. The zero-order valence-corrected chi connectivity index (χ0v) is 32.7. The fraction of sp³-hybridized carbons (Fsp3) is 0.532. The Labute approximate surface area is 309 Å². The van der Waals surface area contributed by atoms with Crippen LogP contribution in [0.15, 0.2) is 97.3 Å². The van der Waals surface area contributed by atoms with Gasteiger partial charge in [0.1, 0.15) is 0 Å². The van der Waals surface area contributed by atoms with Crippen molar-refractivity contribution in [3.63, 3.8) is 0 Å². The van der Waals surface area contributed by atoms with E-state index in [4.69, 9.17) is 9.97 Å². The Morgan fingerprint density at radius 3 is 1.45 bits per heavy atom. The van der Waals surface area contributed by atoms with E-state index in [2.05, 4.69) is 98.8 Å². The lowest BCUT2D eigenvalue weighted by Crippen LogP contribution is -2.56. The first-order valence-corrected chi connectivity index (χ1v) is 23.4. The molecule has 2 heterocycles. The largest absolute Gasteiger partial charge is 0.256 e. The third-order valence-corrected chi connectivity index (χ3v) is 21.4. The van der Waals surface area contributed by atoms with Gasteiger partial charge in [0.2, 0.25) is 0 Å². The van der Waals surface area contributed by atoms with Crippen LogP contribution in [-0.2, 0) is 17.7 Å². The predicted molar refractivity (Wildman–Crippen MR) is 216 cm³/mol. The third kappa shape index (κ3) is 5.98. The minimum absolute atomic E-state index is 0.0716. The second-order valence-corrected chi connectivity index (χ2v) is 24.0. The van der Waals surface area contributed by atoms with Gasteiger partial charge in [0.15, 0.2) is 0 Å². The minimum Gasteiger partial charge on any atom is -0.256 e. The Hall–Kier alpha value is -2.40. The minimum atomic E-state index is -0.740. The van der Waals surface area contributed by atoms with Gasteiger partial charge in [-0.15, -0.1) is 0 Å². The Kier molecular flexibility index (Phi) is 8.38. The standard InChI is InChI=1S/C47H56N2P2/c1-45(2,41-10-4-3-5-11-41)42-15-14-39(40(24-42)31-50(43-12-6-8-16-48-43)44-13-7-9-17-49-44)32-51(46-25-33-18-34(26-46)20-35(19-33)27-46)47-28-36-21-37(29-47)23-38(22-36)30-47/h3-17,24,33-38H,18-23,25-32H2,1-2H3. The second kappa shape index (κ2) is 12.9. The number of nitrogens with zero attached hydrogens (tertiary/aromatic N) is 2. The number of benzene rings is 2. The molecule has 0 spiro atoms. The van der Waals surface area contributed by atoms with E-state index in [1.54, 1.807) is 88.2 Å². The smallest absolute Gasteiger partial charge is 0.0695 e. The summed E-state index contributed by atoms with van der Waals surface area (Å²) in [4.78, 5) is 10.0. The summed E-state index contributed by atoms with van der Waals surface area (Å²) in [5, 5.41) is 1.25. The zero-order chi connectivity index (χ0) is 34.2. The summed E-state index contributed by atoms with van der Waals surface area (Å²) >= 11 is 0. The quantitative estimate of drug-likeness (QED) is 0.153. The van der Waals surface area contributed by atoms with Crippen LogP contribution in [0.1, 0.15) is 113 Å². The number of rotatable bonds is 10. The van der Waals surface area contributed by atoms with Crippen LogP contribution in [0, 0.1) is 35.5 Å². The highest BCUT2D eigenvalue weighted by molar-refractivity contribution is 7.71. The zero-order valence-electron chi connectivity index (χ0n) is 30.9. The molecule has 0 saturated heterocycles. The van der Waals surface area contributed by atoms with Crippen LogP contribution in [0.4, 0.5) is 0 Å². The highest BCUT2D eigenvalue weighted by Gasteiger charge is 2.62. The third-order valence-electron chi connectivity index (χ3n) is 15.1. The molecule has 0 aliphatic heterocycles. The van der Waals surface area contributed by atoms with Gasteiger partial charge in [0.05, 0.1) is 10.9 Å². The van der Waals surface area contributed by atoms with Gasteiger partial charge >= 0.3 is 0 Å². The van der Waals surface area contributed by atoms with Gasteiger partial charge < -0.3 is 0 Å². The molecule has 8 saturated carbocycles. The molecule has 0 amide bonds. The van der Waals surface area contributed by atoms with E-state index in [1.807, 2.05) is 12.4 Å². The van der Waals surface area contributed by atoms with Crippen LogP contribution in [0.25, 0.3) is 0 Å². The molecule has 51 heavy (non-hydrogen) atoms. The van der Waals surface area contributed by atoms with Crippen molar-refractivity contribution in [1.29, 1.82) is 0 Å². The van der Waals surface area contributed by atoms with Gasteiger partial charge in [-0.25, -0.2) is 0 Å². The van der Waals surface area contributed by atoms with E-state index in [0.717, 1.165) is 41.7 Å². The summed E-state index contributed by atoms with van der Waals surface area (Å²) in [6.45, 7) is 4.86. The number of aromatic nitrogens is 2. The normalized spacial score (nSPS) is 33.9. The molecular formula is C47H56N2P2. The van der Waals surface area contributed by atoms with Crippen LogP contribution in [-0.4, -0.2) is 20.3 Å². The molecule has 4 aromatic rings. The monoisotopic (exact) mass is 710 g/mol. The lowest BCUT2D eigenvalue weighted by molar-refractivity contribution is 0.0184. The molecule has 2 aromatic heterocycles. The lowest BCUT2D eigenvalue weighted by atomic mass is 9.55. The average molecular weight is 711 g/mol. The molecule has 0 atom stereocenters. The fourth-order valence-electron chi connectivity index (χ4n) is 13.6. The van der Waals surface area contributed by atoms with Crippen LogP contribution in [0.2, 0.25) is 0 Å². The molecule has 4 heteroatoms. The van der Waals surface area contributed by atoms with Gasteiger partial charge in [-0.05, 0) is 176 Å². The van der Waals surface area contributed by atoms with E-state index in [1.165, 1.54) is 28.2 Å². The number of hydrogen-bond donors (Lipinski definition) is 0. The maximum Gasteiger partial charge on any atom is 0.0695 e. The van der Waals surface area contributed by atoms with Crippen LogP contribution in [0.3, 0.4) is 0 Å². The Bertz CT molecular complexity index is 1700. The second-order valence-electron chi connectivity index (χ2n) is 18.8. The van der Waals surface area contributed by atoms with Gasteiger partial charge in [-0.3, -0.25) is 9.97 Å². The highest BCUT2D eigenvalue weighted by Crippen LogP contribution is 2.79.